The number of carbonyl (C=O) groups is 1. The number of hydrogen-bond acceptors (Lipinski definition) is 2. The number of hydrogen-bond donors (Lipinski definition) is 2. The summed E-state index contributed by atoms with van der Waals surface area (Å²) in [5.74, 6) is -0.719. The van der Waals surface area contributed by atoms with Crippen LogP contribution in [0.25, 0.3) is 0 Å². The quantitative estimate of drug-likeness (QED) is 0.294. The van der Waals surface area contributed by atoms with Crippen molar-refractivity contribution in [2.75, 3.05) is 26.2 Å². The number of allylic oxidation sites excluding steroid dienone is 1. The maximum absolute atomic E-state index is 10.6. The van der Waals surface area contributed by atoms with E-state index in [1.54, 1.807) is 0 Å². The molecule has 0 heterocycles. The van der Waals surface area contributed by atoms with Gasteiger partial charge in [-0.1, -0.05) is 12.5 Å². The summed E-state index contributed by atoms with van der Waals surface area (Å²) < 4.78 is 0.891. The second-order valence-corrected chi connectivity index (χ2v) is 5.96. The van der Waals surface area contributed by atoms with Crippen LogP contribution >= 0.6 is 0 Å². The lowest BCUT2D eigenvalue weighted by atomic mass is 10.1. The molecule has 0 aliphatic rings. The normalized spacial score (nSPS) is 13.1. The van der Waals surface area contributed by atoms with Gasteiger partial charge in [0.1, 0.15) is 12.6 Å². The van der Waals surface area contributed by atoms with Gasteiger partial charge >= 0.3 is 5.97 Å². The van der Waals surface area contributed by atoms with Gasteiger partial charge in [-0.15, -0.1) is 6.58 Å². The molecule has 4 heteroatoms. The van der Waals surface area contributed by atoms with E-state index in [0.717, 1.165) is 69.2 Å². The van der Waals surface area contributed by atoms with Gasteiger partial charge < -0.3 is 14.7 Å². The highest BCUT2D eigenvalue weighted by Crippen LogP contribution is 2.14. The van der Waals surface area contributed by atoms with Crippen molar-refractivity contribution in [1.82, 2.24) is 0 Å². The number of aliphatic hydroxyl groups is 1. The molecule has 0 aromatic rings. The molecule has 21 heavy (non-hydrogen) atoms. The minimum atomic E-state index is -0.719. The van der Waals surface area contributed by atoms with Gasteiger partial charge in [-0.25, -0.2) is 0 Å². The molecule has 0 aliphatic carbocycles. The molecular weight excluding hydrogens is 266 g/mol. The van der Waals surface area contributed by atoms with E-state index in [0.29, 0.717) is 0 Å². The van der Waals surface area contributed by atoms with E-state index in [9.17, 15) is 9.90 Å². The van der Waals surface area contributed by atoms with Crippen LogP contribution in [0, 0.1) is 0 Å². The van der Waals surface area contributed by atoms with Crippen LogP contribution in [-0.2, 0) is 4.79 Å². The van der Waals surface area contributed by atoms with Gasteiger partial charge in [0, 0.05) is 6.42 Å². The molecule has 2 N–H and O–H groups in total. The topological polar surface area (TPSA) is 57.5 Å². The minimum Gasteiger partial charge on any atom is -0.481 e. The summed E-state index contributed by atoms with van der Waals surface area (Å²) in [5.41, 5.74) is 0. The maximum Gasteiger partial charge on any atom is 0.303 e. The van der Waals surface area contributed by atoms with Gasteiger partial charge in [-0.2, -0.15) is 0 Å². The van der Waals surface area contributed by atoms with Crippen LogP contribution in [0.5, 0.6) is 0 Å². The largest absolute Gasteiger partial charge is 0.481 e. The van der Waals surface area contributed by atoms with Gasteiger partial charge in [0.15, 0.2) is 0 Å². The number of carboxylic acids is 1. The highest BCUT2D eigenvalue weighted by Gasteiger charge is 2.26. The molecule has 4 nitrogen and oxygen atoms in total. The van der Waals surface area contributed by atoms with Crippen molar-refractivity contribution in [3.63, 3.8) is 0 Å². The first-order valence-electron chi connectivity index (χ1n) is 8.35. The molecule has 124 valence electrons. The first-order chi connectivity index (χ1) is 9.99. The summed E-state index contributed by atoms with van der Waals surface area (Å²) >= 11 is 0. The number of unbranched alkanes of at least 4 members (excludes halogenated alkanes) is 3. The van der Waals surface area contributed by atoms with Crippen LogP contribution in [0.2, 0.25) is 0 Å². The monoisotopic (exact) mass is 300 g/mol. The highest BCUT2D eigenvalue weighted by molar-refractivity contribution is 5.66. The molecule has 0 aromatic heterocycles. The molecule has 0 amide bonds. The molecule has 0 rings (SSSR count). The van der Waals surface area contributed by atoms with Crippen LogP contribution in [0.4, 0.5) is 0 Å². The third-order valence-corrected chi connectivity index (χ3v) is 4.41. The van der Waals surface area contributed by atoms with E-state index >= 15 is 0 Å². The predicted molar refractivity (Wildman–Crippen MR) is 87.2 cm³/mol. The second kappa shape index (κ2) is 11.8. The number of rotatable bonds is 14. The number of aliphatic hydroxyl groups excluding tert-OH is 1. The van der Waals surface area contributed by atoms with Crippen molar-refractivity contribution in [3.05, 3.63) is 12.7 Å². The van der Waals surface area contributed by atoms with Gasteiger partial charge in [0.25, 0.3) is 0 Å². The first kappa shape index (κ1) is 20.1. The predicted octanol–water partition coefficient (Wildman–Crippen LogP) is 3.21. The molecule has 0 aromatic carbocycles. The molecule has 0 spiro atoms. The van der Waals surface area contributed by atoms with Crippen LogP contribution in [0.3, 0.4) is 0 Å². The fourth-order valence-electron chi connectivity index (χ4n) is 2.82. The molecule has 1 atom stereocenters. The summed E-state index contributed by atoms with van der Waals surface area (Å²) in [6, 6.07) is 0. The van der Waals surface area contributed by atoms with E-state index in [1.807, 2.05) is 6.08 Å². The van der Waals surface area contributed by atoms with Crippen molar-refractivity contribution >= 4 is 5.97 Å². The lowest BCUT2D eigenvalue weighted by Crippen LogP contribution is -2.52. The Hall–Kier alpha value is -0.870. The Labute approximate surface area is 130 Å². The smallest absolute Gasteiger partial charge is 0.303 e. The first-order valence-corrected chi connectivity index (χ1v) is 8.35. The molecule has 0 saturated heterocycles. The van der Waals surface area contributed by atoms with Gasteiger partial charge in [-0.3, -0.25) is 4.79 Å². The summed E-state index contributed by atoms with van der Waals surface area (Å²) in [6.45, 7) is 11.8. The number of aliphatic carboxylic acids is 1. The average Bonchev–Trinajstić information content (AvgIpc) is 2.46. The van der Waals surface area contributed by atoms with Crippen molar-refractivity contribution in [1.29, 1.82) is 0 Å². The van der Waals surface area contributed by atoms with Crippen LogP contribution in [0.1, 0.15) is 58.8 Å². The van der Waals surface area contributed by atoms with Gasteiger partial charge in [0.2, 0.25) is 0 Å². The zero-order valence-electron chi connectivity index (χ0n) is 13.9. The third-order valence-electron chi connectivity index (χ3n) is 4.41. The summed E-state index contributed by atoms with van der Waals surface area (Å²) in [6.07, 6.45) is 7.56. The summed E-state index contributed by atoms with van der Waals surface area (Å²) in [7, 11) is 0. The fraction of sp³-hybridized carbons (Fsp3) is 0.824. The van der Waals surface area contributed by atoms with Gasteiger partial charge in [0.05, 0.1) is 19.6 Å². The molecule has 0 bridgehead atoms. The van der Waals surface area contributed by atoms with E-state index in [2.05, 4.69) is 20.4 Å². The lowest BCUT2D eigenvalue weighted by molar-refractivity contribution is -0.928. The Morgan fingerprint density at radius 1 is 1.19 bits per heavy atom. The Bertz CT molecular complexity index is 288. The van der Waals surface area contributed by atoms with Crippen LogP contribution in [0.15, 0.2) is 12.7 Å². The van der Waals surface area contributed by atoms with Crippen molar-refractivity contribution in [3.8, 4) is 0 Å². The molecule has 0 aliphatic heterocycles. The molecule has 0 fully saturated rings. The number of nitrogens with zero attached hydrogens (tertiary/aromatic N) is 1. The number of carboxylic acid groups (broad SMARTS) is 1. The third kappa shape index (κ3) is 9.64. The van der Waals surface area contributed by atoms with E-state index in [1.165, 1.54) is 0 Å². The zero-order chi connectivity index (χ0) is 16.1. The van der Waals surface area contributed by atoms with Gasteiger partial charge in [-0.05, 0) is 46.0 Å². The van der Waals surface area contributed by atoms with E-state index in [4.69, 9.17) is 5.11 Å². The second-order valence-electron chi connectivity index (χ2n) is 5.96. The zero-order valence-corrected chi connectivity index (χ0v) is 13.9. The number of quaternary nitrogens is 1. The SMILES string of the molecule is C=CCCCCC(O)C[N+](CC)(CC)CCCCC(=O)O. The maximum atomic E-state index is 10.6. The molecule has 1 unspecified atom stereocenters. The summed E-state index contributed by atoms with van der Waals surface area (Å²) in [5, 5.41) is 18.9. The Morgan fingerprint density at radius 3 is 2.38 bits per heavy atom. The Kier molecular flexibility index (Phi) is 11.3. The van der Waals surface area contributed by atoms with E-state index in [-0.39, 0.29) is 12.5 Å². The fourth-order valence-corrected chi connectivity index (χ4v) is 2.82. The molecule has 0 radical (unpaired) electrons. The minimum absolute atomic E-state index is 0.248. The van der Waals surface area contributed by atoms with Crippen LogP contribution < -0.4 is 0 Å². The van der Waals surface area contributed by atoms with E-state index < -0.39 is 5.97 Å². The van der Waals surface area contributed by atoms with Crippen molar-refractivity contribution in [2.24, 2.45) is 0 Å². The standard InChI is InChI=1S/C17H33NO3/c1-4-7-8-9-12-16(19)15-18(5-2,6-3)14-11-10-13-17(20)21/h4,16,19H,1,5-15H2,2-3H3/p+1. The van der Waals surface area contributed by atoms with Crippen molar-refractivity contribution in [2.45, 2.75) is 64.9 Å². The average molecular weight is 300 g/mol. The number of likely N-dealkylation sites (N-methyl/N-ethyl adjacent to an activating group) is 1. The lowest BCUT2D eigenvalue weighted by Gasteiger charge is -2.38. The van der Waals surface area contributed by atoms with Crippen molar-refractivity contribution < 1.29 is 19.5 Å². The Morgan fingerprint density at radius 2 is 1.86 bits per heavy atom. The highest BCUT2D eigenvalue weighted by atomic mass is 16.4. The molecule has 0 saturated carbocycles. The summed E-state index contributed by atoms with van der Waals surface area (Å²) in [4.78, 5) is 10.6. The Balaban J connectivity index is 4.17. The van der Waals surface area contributed by atoms with Crippen LogP contribution in [-0.4, -0.2) is 52.9 Å². The molecular formula is C17H34NO3+.